The second-order valence-electron chi connectivity index (χ2n) is 5.24. The van der Waals surface area contributed by atoms with Crippen LogP contribution in [-0.2, 0) is 6.42 Å². The molecule has 0 aliphatic heterocycles. The van der Waals surface area contributed by atoms with Gasteiger partial charge in [0, 0.05) is 24.8 Å². The number of benzene rings is 1. The lowest BCUT2D eigenvalue weighted by atomic mass is 9.92. The molecule has 0 fully saturated rings. The molecule has 0 atom stereocenters. The fourth-order valence-corrected chi connectivity index (χ4v) is 2.58. The van der Waals surface area contributed by atoms with Gasteiger partial charge in [0.2, 0.25) is 0 Å². The Hall–Kier alpha value is -2.74. The number of hydrogen-bond acceptors (Lipinski definition) is 2. The van der Waals surface area contributed by atoms with Crippen LogP contribution in [0.15, 0.2) is 79.4 Å². The smallest absolute Gasteiger partial charge is 0.0273 e. The van der Waals surface area contributed by atoms with E-state index >= 15 is 0 Å². The lowest BCUT2D eigenvalue weighted by Gasteiger charge is -2.13. The van der Waals surface area contributed by atoms with Crippen molar-refractivity contribution in [2.24, 2.45) is 0 Å². The van der Waals surface area contributed by atoms with Crippen molar-refractivity contribution < 1.29 is 0 Å². The standard InChI is InChI=1S/C20H18N2/c1-16(18-7-11-21-12-8-18)20(19-9-13-22-14-10-19)15-17-5-3-2-4-6-17/h2-14H,15H2,1H3. The highest BCUT2D eigenvalue weighted by molar-refractivity contribution is 5.90. The van der Waals surface area contributed by atoms with Crippen molar-refractivity contribution in [1.29, 1.82) is 0 Å². The molecule has 2 aromatic heterocycles. The molecule has 0 saturated carbocycles. The van der Waals surface area contributed by atoms with Crippen LogP contribution in [0.5, 0.6) is 0 Å². The Morgan fingerprint density at radius 1 is 0.727 bits per heavy atom. The largest absolute Gasteiger partial charge is 0.265 e. The average molecular weight is 286 g/mol. The van der Waals surface area contributed by atoms with E-state index in [0.29, 0.717) is 0 Å². The van der Waals surface area contributed by atoms with E-state index in [-0.39, 0.29) is 0 Å². The van der Waals surface area contributed by atoms with Crippen molar-refractivity contribution in [1.82, 2.24) is 9.97 Å². The summed E-state index contributed by atoms with van der Waals surface area (Å²) in [5, 5.41) is 0. The summed E-state index contributed by atoms with van der Waals surface area (Å²) in [6, 6.07) is 18.8. The normalized spacial score (nSPS) is 11.9. The molecule has 22 heavy (non-hydrogen) atoms. The first-order chi connectivity index (χ1) is 10.8. The molecule has 3 rings (SSSR count). The van der Waals surface area contributed by atoms with E-state index < -0.39 is 0 Å². The molecule has 0 saturated heterocycles. The molecule has 0 N–H and O–H groups in total. The van der Waals surface area contributed by atoms with E-state index in [1.807, 2.05) is 24.8 Å². The Labute approximate surface area is 131 Å². The first-order valence-electron chi connectivity index (χ1n) is 7.39. The third-order valence-electron chi connectivity index (χ3n) is 3.82. The molecule has 1 aromatic carbocycles. The lowest BCUT2D eigenvalue weighted by molar-refractivity contribution is 1.25. The van der Waals surface area contributed by atoms with Crippen molar-refractivity contribution >= 4 is 11.1 Å². The first-order valence-corrected chi connectivity index (χ1v) is 7.39. The zero-order valence-corrected chi connectivity index (χ0v) is 12.6. The quantitative estimate of drug-likeness (QED) is 0.697. The van der Waals surface area contributed by atoms with Gasteiger partial charge >= 0.3 is 0 Å². The van der Waals surface area contributed by atoms with Crippen LogP contribution in [0.4, 0.5) is 0 Å². The minimum atomic E-state index is 0.902. The highest BCUT2D eigenvalue weighted by Crippen LogP contribution is 2.28. The zero-order chi connectivity index (χ0) is 15.2. The van der Waals surface area contributed by atoms with Gasteiger partial charge in [-0.2, -0.15) is 0 Å². The summed E-state index contributed by atoms with van der Waals surface area (Å²) in [4.78, 5) is 8.25. The van der Waals surface area contributed by atoms with Gasteiger partial charge in [0.15, 0.2) is 0 Å². The molecule has 3 aromatic rings. The van der Waals surface area contributed by atoms with Gasteiger partial charge < -0.3 is 0 Å². The number of hydrogen-bond donors (Lipinski definition) is 0. The molecule has 0 aliphatic rings. The van der Waals surface area contributed by atoms with Crippen LogP contribution in [0.25, 0.3) is 11.1 Å². The molecular formula is C20H18N2. The summed E-state index contributed by atoms with van der Waals surface area (Å²) in [5.41, 5.74) is 6.32. The maximum atomic E-state index is 4.13. The highest BCUT2D eigenvalue weighted by Gasteiger charge is 2.09. The van der Waals surface area contributed by atoms with Crippen LogP contribution in [0.2, 0.25) is 0 Å². The van der Waals surface area contributed by atoms with E-state index in [1.165, 1.54) is 27.8 Å². The van der Waals surface area contributed by atoms with Gasteiger partial charge in [0.05, 0.1) is 0 Å². The Morgan fingerprint density at radius 2 is 1.27 bits per heavy atom. The molecule has 0 unspecified atom stereocenters. The number of aromatic nitrogens is 2. The number of pyridine rings is 2. The van der Waals surface area contributed by atoms with Gasteiger partial charge in [0.1, 0.15) is 0 Å². The molecule has 0 spiro atoms. The van der Waals surface area contributed by atoms with Crippen molar-refractivity contribution in [2.75, 3.05) is 0 Å². The van der Waals surface area contributed by atoms with E-state index in [4.69, 9.17) is 0 Å². The van der Waals surface area contributed by atoms with Crippen molar-refractivity contribution in [3.05, 3.63) is 96.1 Å². The van der Waals surface area contributed by atoms with E-state index in [2.05, 4.69) is 71.5 Å². The van der Waals surface area contributed by atoms with E-state index in [0.717, 1.165) is 6.42 Å². The van der Waals surface area contributed by atoms with Crippen LogP contribution in [-0.4, -0.2) is 9.97 Å². The van der Waals surface area contributed by atoms with E-state index in [9.17, 15) is 0 Å². The summed E-state index contributed by atoms with van der Waals surface area (Å²) < 4.78 is 0. The number of rotatable bonds is 4. The zero-order valence-electron chi connectivity index (χ0n) is 12.6. The summed E-state index contributed by atoms with van der Waals surface area (Å²) in [6.07, 6.45) is 8.27. The van der Waals surface area contributed by atoms with Crippen LogP contribution in [0.1, 0.15) is 23.6 Å². The van der Waals surface area contributed by atoms with Gasteiger partial charge in [-0.25, -0.2) is 0 Å². The van der Waals surface area contributed by atoms with Crippen LogP contribution in [0.3, 0.4) is 0 Å². The fourth-order valence-electron chi connectivity index (χ4n) is 2.58. The van der Waals surface area contributed by atoms with Gasteiger partial charge in [-0.1, -0.05) is 30.3 Å². The number of nitrogens with zero attached hydrogens (tertiary/aromatic N) is 2. The van der Waals surface area contributed by atoms with Gasteiger partial charge in [-0.05, 0) is 65.4 Å². The van der Waals surface area contributed by atoms with Gasteiger partial charge in [-0.3, -0.25) is 9.97 Å². The molecule has 108 valence electrons. The van der Waals surface area contributed by atoms with Gasteiger partial charge in [0.25, 0.3) is 0 Å². The van der Waals surface area contributed by atoms with Crippen LogP contribution in [0, 0.1) is 0 Å². The average Bonchev–Trinajstić information content (AvgIpc) is 2.61. The lowest BCUT2D eigenvalue weighted by Crippen LogP contribution is -1.95. The minimum Gasteiger partial charge on any atom is -0.265 e. The Bertz CT molecular complexity index is 747. The molecule has 2 heterocycles. The molecular weight excluding hydrogens is 268 g/mol. The third kappa shape index (κ3) is 3.29. The van der Waals surface area contributed by atoms with Crippen LogP contribution < -0.4 is 0 Å². The summed E-state index contributed by atoms with van der Waals surface area (Å²) in [5.74, 6) is 0. The van der Waals surface area contributed by atoms with Crippen molar-refractivity contribution in [3.8, 4) is 0 Å². The Balaban J connectivity index is 2.07. The SMILES string of the molecule is CC(=C(Cc1ccccc1)c1ccncc1)c1ccncc1. The maximum absolute atomic E-state index is 4.13. The van der Waals surface area contributed by atoms with Crippen LogP contribution >= 0.6 is 0 Å². The number of allylic oxidation sites excluding steroid dienone is 2. The van der Waals surface area contributed by atoms with E-state index in [1.54, 1.807) is 0 Å². The predicted octanol–water partition coefficient (Wildman–Crippen LogP) is 4.65. The molecule has 2 heteroatoms. The molecule has 2 nitrogen and oxygen atoms in total. The highest BCUT2D eigenvalue weighted by atomic mass is 14.6. The summed E-state index contributed by atoms with van der Waals surface area (Å²) in [7, 11) is 0. The third-order valence-corrected chi connectivity index (χ3v) is 3.82. The Morgan fingerprint density at radius 3 is 1.86 bits per heavy atom. The minimum absolute atomic E-state index is 0.902. The molecule has 0 bridgehead atoms. The first kappa shape index (κ1) is 14.2. The topological polar surface area (TPSA) is 25.8 Å². The molecule has 0 aliphatic carbocycles. The van der Waals surface area contributed by atoms with Crippen molar-refractivity contribution in [2.45, 2.75) is 13.3 Å². The van der Waals surface area contributed by atoms with Gasteiger partial charge in [-0.15, -0.1) is 0 Å². The second kappa shape index (κ2) is 6.81. The maximum Gasteiger partial charge on any atom is 0.0273 e. The molecule has 0 amide bonds. The second-order valence-corrected chi connectivity index (χ2v) is 5.24. The predicted molar refractivity (Wildman–Crippen MR) is 91.1 cm³/mol. The summed E-state index contributed by atoms with van der Waals surface area (Å²) in [6.45, 7) is 2.17. The summed E-state index contributed by atoms with van der Waals surface area (Å²) >= 11 is 0. The monoisotopic (exact) mass is 286 g/mol. The molecule has 0 radical (unpaired) electrons. The Kier molecular flexibility index (Phi) is 4.40. The van der Waals surface area contributed by atoms with Crippen molar-refractivity contribution in [3.63, 3.8) is 0 Å². The fraction of sp³-hybridized carbons (Fsp3) is 0.100.